The summed E-state index contributed by atoms with van der Waals surface area (Å²) in [4.78, 5) is 29.1. The van der Waals surface area contributed by atoms with Gasteiger partial charge < -0.3 is 10.2 Å². The molecule has 1 fully saturated rings. The van der Waals surface area contributed by atoms with Crippen LogP contribution in [0, 0.1) is 0 Å². The summed E-state index contributed by atoms with van der Waals surface area (Å²) in [7, 11) is -4.14. The highest BCUT2D eigenvalue weighted by atomic mass is 35.5. The summed E-state index contributed by atoms with van der Waals surface area (Å²) in [6.45, 7) is 3.00. The molecule has 7 nitrogen and oxygen atoms in total. The van der Waals surface area contributed by atoms with Crippen molar-refractivity contribution >= 4 is 50.7 Å². The van der Waals surface area contributed by atoms with Crippen molar-refractivity contribution < 1.29 is 18.0 Å². The third-order valence-corrected chi connectivity index (χ3v) is 10.2. The number of hydrogen-bond donors (Lipinski definition) is 1. The molecular weight excluding hydrogens is 593 g/mol. The Kier molecular flexibility index (Phi) is 10.9. The molecule has 1 aliphatic rings. The smallest absolute Gasteiger partial charge is 0.264 e. The Morgan fingerprint density at radius 3 is 2.17 bits per heavy atom. The molecular formula is C32H37Cl2N3O4S. The molecule has 42 heavy (non-hydrogen) atoms. The molecule has 0 heterocycles. The Morgan fingerprint density at radius 2 is 1.52 bits per heavy atom. The van der Waals surface area contributed by atoms with Crippen molar-refractivity contribution in [2.24, 2.45) is 0 Å². The Bertz CT molecular complexity index is 1470. The fourth-order valence-corrected chi connectivity index (χ4v) is 7.28. The summed E-state index contributed by atoms with van der Waals surface area (Å²) < 4.78 is 29.2. The van der Waals surface area contributed by atoms with Gasteiger partial charge in [-0.1, -0.05) is 91.9 Å². The molecule has 1 atom stereocenters. The van der Waals surface area contributed by atoms with Crippen molar-refractivity contribution in [3.05, 3.63) is 94.0 Å². The standard InChI is InChI=1S/C32H37Cl2N3O4S/c1-3-24-13-10-11-20-30(24)37(42(40,41)26-16-8-5-9-17-26)22-31(38)36(21-27-28(33)18-12-19-29(27)34)23(2)32(39)35-25-14-6-4-7-15-25/h5,8-13,16-20,23,25H,3-4,6-7,14-15,21-22H2,1-2H3,(H,35,39)/t23-/m1/s1. The number of sulfonamides is 1. The Balaban J connectivity index is 1.73. The lowest BCUT2D eigenvalue weighted by Crippen LogP contribution is -2.53. The van der Waals surface area contributed by atoms with Gasteiger partial charge in [0, 0.05) is 28.2 Å². The van der Waals surface area contributed by atoms with Gasteiger partial charge in [0.1, 0.15) is 12.6 Å². The molecule has 1 aliphatic carbocycles. The van der Waals surface area contributed by atoms with Gasteiger partial charge >= 0.3 is 0 Å². The fraction of sp³-hybridized carbons (Fsp3) is 0.375. The summed E-state index contributed by atoms with van der Waals surface area (Å²) in [5.41, 5.74) is 1.67. The quantitative estimate of drug-likeness (QED) is 0.258. The van der Waals surface area contributed by atoms with E-state index in [0.717, 1.165) is 42.0 Å². The molecule has 0 aliphatic heterocycles. The second-order valence-corrected chi connectivity index (χ2v) is 13.2. The number of para-hydroxylation sites is 1. The molecule has 1 saturated carbocycles. The first-order chi connectivity index (χ1) is 20.1. The van der Waals surface area contributed by atoms with Gasteiger partial charge in [0.05, 0.1) is 10.6 Å². The monoisotopic (exact) mass is 629 g/mol. The average Bonchev–Trinajstić information content (AvgIpc) is 3.00. The number of aryl methyl sites for hydroxylation is 1. The zero-order chi connectivity index (χ0) is 30.3. The van der Waals surface area contributed by atoms with E-state index in [-0.39, 0.29) is 23.4 Å². The lowest BCUT2D eigenvalue weighted by Gasteiger charge is -2.34. The van der Waals surface area contributed by atoms with E-state index in [1.807, 2.05) is 19.1 Å². The molecule has 0 aromatic heterocycles. The van der Waals surface area contributed by atoms with Crippen LogP contribution in [0.4, 0.5) is 5.69 Å². The number of hydrogen-bond acceptors (Lipinski definition) is 4. The number of rotatable bonds is 11. The van der Waals surface area contributed by atoms with Crippen LogP contribution in [0.2, 0.25) is 10.0 Å². The number of carbonyl (C=O) groups excluding carboxylic acids is 2. The molecule has 224 valence electrons. The number of nitrogens with one attached hydrogen (secondary N) is 1. The van der Waals surface area contributed by atoms with Crippen LogP contribution in [0.3, 0.4) is 0 Å². The summed E-state index contributed by atoms with van der Waals surface area (Å²) in [6, 6.07) is 19.3. The van der Waals surface area contributed by atoms with Crippen LogP contribution >= 0.6 is 23.2 Å². The van der Waals surface area contributed by atoms with Crippen LogP contribution in [-0.2, 0) is 32.6 Å². The second kappa shape index (κ2) is 14.4. The van der Waals surface area contributed by atoms with Gasteiger partial charge in [0.25, 0.3) is 10.0 Å². The maximum absolute atomic E-state index is 14.2. The van der Waals surface area contributed by atoms with E-state index < -0.39 is 28.5 Å². The molecule has 2 amide bonds. The van der Waals surface area contributed by atoms with Crippen LogP contribution in [0.5, 0.6) is 0 Å². The third-order valence-electron chi connectivity index (χ3n) is 7.76. The first kappa shape index (κ1) is 31.9. The normalized spacial score (nSPS) is 14.7. The summed E-state index contributed by atoms with van der Waals surface area (Å²) in [5.74, 6) is -0.854. The van der Waals surface area contributed by atoms with Gasteiger partial charge in [-0.2, -0.15) is 0 Å². The van der Waals surface area contributed by atoms with Crippen LogP contribution in [0.1, 0.15) is 57.1 Å². The maximum Gasteiger partial charge on any atom is 0.264 e. The minimum Gasteiger partial charge on any atom is -0.352 e. The average molecular weight is 631 g/mol. The van der Waals surface area contributed by atoms with Crippen LogP contribution < -0.4 is 9.62 Å². The van der Waals surface area contributed by atoms with Crippen molar-refractivity contribution in [1.29, 1.82) is 0 Å². The number of anilines is 1. The molecule has 0 bridgehead atoms. The van der Waals surface area contributed by atoms with Crippen molar-refractivity contribution in [2.75, 3.05) is 10.8 Å². The minimum atomic E-state index is -4.14. The zero-order valence-electron chi connectivity index (χ0n) is 23.9. The number of benzene rings is 3. The van der Waals surface area contributed by atoms with Gasteiger partial charge in [-0.05, 0) is 62.1 Å². The predicted molar refractivity (Wildman–Crippen MR) is 168 cm³/mol. The summed E-state index contributed by atoms with van der Waals surface area (Å²) >= 11 is 13.0. The molecule has 0 saturated heterocycles. The lowest BCUT2D eigenvalue weighted by atomic mass is 9.95. The Hall–Kier alpha value is -3.07. The highest BCUT2D eigenvalue weighted by Crippen LogP contribution is 2.30. The molecule has 10 heteroatoms. The number of amides is 2. The Labute approximate surface area is 258 Å². The number of halogens is 2. The SMILES string of the molecule is CCc1ccccc1N(CC(=O)N(Cc1c(Cl)cccc1Cl)[C@H](C)C(=O)NC1CCCCC1)S(=O)(=O)c1ccccc1. The van der Waals surface area contributed by atoms with E-state index in [9.17, 15) is 18.0 Å². The van der Waals surface area contributed by atoms with Crippen molar-refractivity contribution in [2.45, 2.75) is 75.9 Å². The zero-order valence-corrected chi connectivity index (χ0v) is 26.3. The van der Waals surface area contributed by atoms with Gasteiger partial charge in [0.15, 0.2) is 0 Å². The molecule has 0 spiro atoms. The first-order valence-corrected chi connectivity index (χ1v) is 16.5. The van der Waals surface area contributed by atoms with Crippen molar-refractivity contribution in [3.63, 3.8) is 0 Å². The van der Waals surface area contributed by atoms with Gasteiger partial charge in [-0.3, -0.25) is 13.9 Å². The van der Waals surface area contributed by atoms with Crippen LogP contribution in [0.25, 0.3) is 0 Å². The van der Waals surface area contributed by atoms with E-state index >= 15 is 0 Å². The highest BCUT2D eigenvalue weighted by Gasteiger charge is 2.34. The topological polar surface area (TPSA) is 86.8 Å². The summed E-state index contributed by atoms with van der Waals surface area (Å²) in [6.07, 6.45) is 5.56. The largest absolute Gasteiger partial charge is 0.352 e. The van der Waals surface area contributed by atoms with Crippen LogP contribution in [0.15, 0.2) is 77.7 Å². The minimum absolute atomic E-state index is 0.0425. The van der Waals surface area contributed by atoms with Crippen molar-refractivity contribution in [3.8, 4) is 0 Å². The number of carbonyl (C=O) groups is 2. The van der Waals surface area contributed by atoms with Crippen molar-refractivity contribution in [1.82, 2.24) is 10.2 Å². The van der Waals surface area contributed by atoms with Gasteiger partial charge in [-0.25, -0.2) is 8.42 Å². The van der Waals surface area contributed by atoms with Gasteiger partial charge in [0.2, 0.25) is 11.8 Å². The van der Waals surface area contributed by atoms with E-state index in [2.05, 4.69) is 5.32 Å². The molecule has 3 aromatic rings. The fourth-order valence-electron chi connectivity index (χ4n) is 5.29. The van der Waals surface area contributed by atoms with E-state index in [1.54, 1.807) is 55.5 Å². The third kappa shape index (κ3) is 7.46. The van der Waals surface area contributed by atoms with Gasteiger partial charge in [-0.15, -0.1) is 0 Å². The van der Waals surface area contributed by atoms with E-state index in [1.165, 1.54) is 17.0 Å². The molecule has 0 radical (unpaired) electrons. The van der Waals surface area contributed by atoms with Crippen LogP contribution in [-0.4, -0.2) is 43.8 Å². The number of nitrogens with zero attached hydrogens (tertiary/aromatic N) is 2. The van der Waals surface area contributed by atoms with E-state index in [0.29, 0.717) is 27.7 Å². The highest BCUT2D eigenvalue weighted by molar-refractivity contribution is 7.92. The van der Waals surface area contributed by atoms with E-state index in [4.69, 9.17) is 23.2 Å². The molecule has 3 aromatic carbocycles. The Morgan fingerprint density at radius 1 is 0.905 bits per heavy atom. The molecule has 4 rings (SSSR count). The first-order valence-electron chi connectivity index (χ1n) is 14.3. The lowest BCUT2D eigenvalue weighted by molar-refractivity contribution is -0.139. The summed E-state index contributed by atoms with van der Waals surface area (Å²) in [5, 5.41) is 3.80. The second-order valence-electron chi connectivity index (χ2n) is 10.5. The molecule has 1 N–H and O–H groups in total. The predicted octanol–water partition coefficient (Wildman–Crippen LogP) is 6.62. The molecule has 0 unspecified atom stereocenters. The maximum atomic E-state index is 14.2.